The summed E-state index contributed by atoms with van der Waals surface area (Å²) >= 11 is 1.37. The molecule has 0 bridgehead atoms. The fraction of sp³-hybridized carbons (Fsp3) is 0.308. The number of hydrogen-bond donors (Lipinski definition) is 3. The Balaban J connectivity index is 2.39. The lowest BCUT2D eigenvalue weighted by Gasteiger charge is -2.19. The van der Waals surface area contributed by atoms with Crippen molar-refractivity contribution in [1.82, 2.24) is 14.7 Å². The zero-order valence-electron chi connectivity index (χ0n) is 12.5. The monoisotopic (exact) mass is 372 g/mol. The van der Waals surface area contributed by atoms with Crippen LogP contribution in [0.5, 0.6) is 0 Å². The second-order valence-electron chi connectivity index (χ2n) is 4.89. The van der Waals surface area contributed by atoms with Crippen LogP contribution in [0.2, 0.25) is 0 Å². The molecule has 1 atom stereocenters. The topological polar surface area (TPSA) is 152 Å². The van der Waals surface area contributed by atoms with Gasteiger partial charge < -0.3 is 19.9 Å². The van der Waals surface area contributed by atoms with Crippen molar-refractivity contribution in [3.63, 3.8) is 0 Å². The van der Waals surface area contributed by atoms with Gasteiger partial charge in [0.2, 0.25) is 10.0 Å². The summed E-state index contributed by atoms with van der Waals surface area (Å²) < 4.78 is 26.7. The quantitative estimate of drug-likeness (QED) is 0.493. The van der Waals surface area contributed by atoms with Gasteiger partial charge in [0.15, 0.2) is 0 Å². The zero-order valence-corrected chi connectivity index (χ0v) is 14.1. The summed E-state index contributed by atoms with van der Waals surface area (Å²) in [5.41, 5.74) is -1.42. The second kappa shape index (κ2) is 7.20. The fourth-order valence-corrected chi connectivity index (χ4v) is 3.69. The summed E-state index contributed by atoms with van der Waals surface area (Å²) in [6, 6.07) is 2.26. The first-order chi connectivity index (χ1) is 11.2. The number of thioether (sulfide) groups is 1. The van der Waals surface area contributed by atoms with E-state index in [0.29, 0.717) is 5.75 Å². The molecular formula is C13H14N3O6S2-. The normalized spacial score (nSPS) is 13.0. The molecule has 0 aliphatic carbocycles. The van der Waals surface area contributed by atoms with Crippen LogP contribution in [0.15, 0.2) is 32.7 Å². The van der Waals surface area contributed by atoms with Crippen molar-refractivity contribution in [1.29, 1.82) is 0 Å². The molecule has 1 heterocycles. The predicted molar refractivity (Wildman–Crippen MR) is 87.3 cm³/mol. The minimum absolute atomic E-state index is 0.0699. The van der Waals surface area contributed by atoms with Crippen LogP contribution in [0.25, 0.3) is 11.0 Å². The number of carboxylic acid groups (broad SMARTS) is 1. The minimum Gasteiger partial charge on any atom is -0.548 e. The Kier molecular flexibility index (Phi) is 5.47. The molecule has 0 amide bonds. The van der Waals surface area contributed by atoms with E-state index in [0.717, 1.165) is 6.07 Å². The van der Waals surface area contributed by atoms with Crippen molar-refractivity contribution in [2.75, 3.05) is 12.0 Å². The van der Waals surface area contributed by atoms with Gasteiger partial charge in [-0.15, -0.1) is 0 Å². The van der Waals surface area contributed by atoms with Crippen LogP contribution in [-0.2, 0) is 14.8 Å². The van der Waals surface area contributed by atoms with Crippen LogP contribution in [0.3, 0.4) is 0 Å². The van der Waals surface area contributed by atoms with Gasteiger partial charge in [0, 0.05) is 0 Å². The summed E-state index contributed by atoms with van der Waals surface area (Å²) in [6.45, 7) is 0. The number of aromatic amines is 2. The molecule has 0 aliphatic heterocycles. The Hall–Kier alpha value is -2.11. The maximum atomic E-state index is 12.3. The highest BCUT2D eigenvalue weighted by atomic mass is 32.2. The number of nitrogens with one attached hydrogen (secondary N) is 3. The molecule has 2 rings (SSSR count). The van der Waals surface area contributed by atoms with Gasteiger partial charge in [-0.1, -0.05) is 0 Å². The van der Waals surface area contributed by atoms with E-state index in [9.17, 15) is 27.9 Å². The predicted octanol–water partition coefficient (Wildman–Crippen LogP) is -1.63. The molecular weight excluding hydrogens is 358 g/mol. The van der Waals surface area contributed by atoms with Crippen LogP contribution in [0.4, 0.5) is 0 Å². The average molecular weight is 372 g/mol. The smallest absolute Gasteiger partial charge is 0.314 e. The molecule has 0 spiro atoms. The molecule has 1 aromatic carbocycles. The van der Waals surface area contributed by atoms with E-state index >= 15 is 0 Å². The summed E-state index contributed by atoms with van der Waals surface area (Å²) in [4.78, 5) is 37.9. The molecule has 1 aromatic heterocycles. The number of carbonyl (C=O) groups excluding carboxylic acids is 1. The van der Waals surface area contributed by atoms with Gasteiger partial charge in [0.25, 0.3) is 0 Å². The SMILES string of the molecule is CSCCC(NS(=O)(=O)c1ccc2[nH]c(=O)c(=O)[nH]c2c1)C(=O)[O-]. The molecule has 9 nitrogen and oxygen atoms in total. The molecule has 130 valence electrons. The van der Waals surface area contributed by atoms with Crippen LogP contribution in [0, 0.1) is 0 Å². The number of carboxylic acids is 1. The van der Waals surface area contributed by atoms with Crippen molar-refractivity contribution in [3.05, 3.63) is 38.9 Å². The van der Waals surface area contributed by atoms with E-state index in [1.54, 1.807) is 6.26 Å². The number of carbonyl (C=O) groups is 1. The highest BCUT2D eigenvalue weighted by molar-refractivity contribution is 7.98. The van der Waals surface area contributed by atoms with Gasteiger partial charge in [-0.3, -0.25) is 9.59 Å². The molecule has 11 heteroatoms. The molecule has 0 saturated heterocycles. The van der Waals surface area contributed by atoms with E-state index in [2.05, 4.69) is 14.7 Å². The van der Waals surface area contributed by atoms with Crippen molar-refractivity contribution < 1.29 is 18.3 Å². The number of H-pyrrole nitrogens is 2. The number of fused-ring (bicyclic) bond motifs is 1. The van der Waals surface area contributed by atoms with Crippen LogP contribution in [0.1, 0.15) is 6.42 Å². The Morgan fingerprint density at radius 3 is 2.46 bits per heavy atom. The third-order valence-corrected chi connectivity index (χ3v) is 5.31. The first-order valence-corrected chi connectivity index (χ1v) is 9.61. The number of rotatable bonds is 7. The zero-order chi connectivity index (χ0) is 17.9. The third kappa shape index (κ3) is 4.04. The Morgan fingerprint density at radius 1 is 1.25 bits per heavy atom. The lowest BCUT2D eigenvalue weighted by Crippen LogP contribution is -2.48. The van der Waals surface area contributed by atoms with Crippen LogP contribution >= 0.6 is 11.8 Å². The van der Waals surface area contributed by atoms with Gasteiger partial charge in [-0.05, 0) is 36.6 Å². The Morgan fingerprint density at radius 2 is 1.88 bits per heavy atom. The fourth-order valence-electron chi connectivity index (χ4n) is 1.98. The first-order valence-electron chi connectivity index (χ1n) is 6.73. The van der Waals surface area contributed by atoms with Gasteiger partial charge in [-0.2, -0.15) is 11.8 Å². The molecule has 0 radical (unpaired) electrons. The first kappa shape index (κ1) is 18.2. The van der Waals surface area contributed by atoms with Crippen molar-refractivity contribution in [2.24, 2.45) is 0 Å². The van der Waals surface area contributed by atoms with Crippen molar-refractivity contribution in [3.8, 4) is 0 Å². The van der Waals surface area contributed by atoms with Crippen molar-refractivity contribution in [2.45, 2.75) is 17.4 Å². The summed E-state index contributed by atoms with van der Waals surface area (Å²) in [5.74, 6) is -1.08. The van der Waals surface area contributed by atoms with E-state index < -0.39 is 33.2 Å². The lowest BCUT2D eigenvalue weighted by molar-refractivity contribution is -0.308. The maximum absolute atomic E-state index is 12.3. The Labute approximate surface area is 140 Å². The van der Waals surface area contributed by atoms with E-state index in [1.165, 1.54) is 23.9 Å². The Bertz CT molecular complexity index is 979. The molecule has 0 fully saturated rings. The molecule has 0 aliphatic rings. The van der Waals surface area contributed by atoms with Gasteiger partial charge in [0.05, 0.1) is 27.9 Å². The molecule has 0 saturated carbocycles. The van der Waals surface area contributed by atoms with Crippen LogP contribution in [-0.4, -0.2) is 42.4 Å². The molecule has 3 N–H and O–H groups in total. The van der Waals surface area contributed by atoms with Gasteiger partial charge in [0.1, 0.15) is 0 Å². The van der Waals surface area contributed by atoms with E-state index in [1.807, 2.05) is 0 Å². The highest BCUT2D eigenvalue weighted by Crippen LogP contribution is 2.15. The van der Waals surface area contributed by atoms with Crippen LogP contribution < -0.4 is 20.9 Å². The second-order valence-corrected chi connectivity index (χ2v) is 7.59. The standard InChI is InChI=1S/C13H15N3O6S2/c1-23-5-4-9(13(19)20)16-24(21,22)7-2-3-8-10(6-7)15-12(18)11(17)14-8/h2-3,6,9,16H,4-5H2,1H3,(H,14,17)(H,15,18)(H,19,20)/p-1. The van der Waals surface area contributed by atoms with Crippen molar-refractivity contribution >= 4 is 38.8 Å². The molecule has 2 aromatic rings. The molecule has 24 heavy (non-hydrogen) atoms. The largest absolute Gasteiger partial charge is 0.548 e. The lowest BCUT2D eigenvalue weighted by atomic mass is 10.2. The third-order valence-electron chi connectivity index (χ3n) is 3.20. The number of hydrogen-bond acceptors (Lipinski definition) is 7. The van der Waals surface area contributed by atoms with Gasteiger partial charge in [-0.25, -0.2) is 13.1 Å². The maximum Gasteiger partial charge on any atom is 0.314 e. The van der Waals surface area contributed by atoms with E-state index in [4.69, 9.17) is 0 Å². The summed E-state index contributed by atoms with van der Waals surface area (Å²) in [7, 11) is -4.14. The molecule has 1 unspecified atom stereocenters. The number of aromatic nitrogens is 2. The highest BCUT2D eigenvalue weighted by Gasteiger charge is 2.21. The average Bonchev–Trinajstić information content (AvgIpc) is 2.51. The number of benzene rings is 1. The number of aliphatic carboxylic acids is 1. The summed E-state index contributed by atoms with van der Waals surface area (Å²) in [6.07, 6.45) is 1.84. The minimum atomic E-state index is -4.14. The summed E-state index contributed by atoms with van der Waals surface area (Å²) in [5, 5.41) is 11.1. The number of sulfonamides is 1. The van der Waals surface area contributed by atoms with E-state index in [-0.39, 0.29) is 22.3 Å². The van der Waals surface area contributed by atoms with Gasteiger partial charge >= 0.3 is 11.1 Å².